The van der Waals surface area contributed by atoms with Crippen LogP contribution in [0.15, 0.2) is 40.9 Å². The Kier molecular flexibility index (Phi) is 9.32. The molecule has 0 saturated heterocycles. The van der Waals surface area contributed by atoms with Crippen molar-refractivity contribution >= 4 is 34.7 Å². The number of benzene rings is 1. The van der Waals surface area contributed by atoms with Crippen LogP contribution in [-0.2, 0) is 35.9 Å². The number of amides is 4. The summed E-state index contributed by atoms with van der Waals surface area (Å²) in [5, 5.41) is 15.1. The van der Waals surface area contributed by atoms with Crippen molar-refractivity contribution in [3.05, 3.63) is 75.9 Å². The molecule has 0 spiro atoms. The second kappa shape index (κ2) is 13.7. The molecule has 47 heavy (non-hydrogen) atoms. The lowest BCUT2D eigenvalue weighted by Crippen LogP contribution is -2.46. The van der Waals surface area contributed by atoms with E-state index in [1.54, 1.807) is 34.4 Å². The average molecular weight is 641 g/mol. The first kappa shape index (κ1) is 31.9. The van der Waals surface area contributed by atoms with Crippen LogP contribution in [0.1, 0.15) is 68.3 Å². The zero-order valence-electron chi connectivity index (χ0n) is 27.0. The van der Waals surface area contributed by atoms with E-state index in [1.807, 2.05) is 37.4 Å². The fourth-order valence-electron chi connectivity index (χ4n) is 6.58. The van der Waals surface area contributed by atoms with E-state index in [4.69, 9.17) is 4.52 Å². The Hall–Kier alpha value is -5.07. The van der Waals surface area contributed by atoms with Crippen LogP contribution in [-0.4, -0.2) is 92.1 Å². The van der Waals surface area contributed by atoms with Crippen molar-refractivity contribution in [2.24, 2.45) is 7.05 Å². The molecule has 3 aromatic heterocycles. The Morgan fingerprint density at radius 2 is 1.89 bits per heavy atom. The summed E-state index contributed by atoms with van der Waals surface area (Å²) in [6.45, 7) is 4.51. The fraction of sp³-hybridized carbons (Fsp3) is 0.441. The number of fused-ring (bicyclic) bond motifs is 2. The number of nitrogens with zero attached hydrogens (tertiary/aromatic N) is 6. The number of pyridine rings is 1. The van der Waals surface area contributed by atoms with Gasteiger partial charge in [-0.05, 0) is 57.6 Å². The molecule has 6 rings (SSSR count). The van der Waals surface area contributed by atoms with E-state index in [0.29, 0.717) is 66.7 Å². The summed E-state index contributed by atoms with van der Waals surface area (Å²) < 4.78 is 7.09. The van der Waals surface area contributed by atoms with Crippen LogP contribution in [0.25, 0.3) is 11.1 Å². The van der Waals surface area contributed by atoms with Gasteiger partial charge in [-0.2, -0.15) is 5.10 Å². The summed E-state index contributed by atoms with van der Waals surface area (Å²) in [7, 11) is 1.82. The maximum absolute atomic E-state index is 14.1. The third-order valence-electron chi connectivity index (χ3n) is 8.98. The molecule has 1 aromatic carbocycles. The number of carbonyl (C=O) groups is 4. The average Bonchev–Trinajstić information content (AvgIpc) is 3.59. The van der Waals surface area contributed by atoms with Crippen LogP contribution in [0.3, 0.4) is 0 Å². The molecular formula is C34H40N8O5. The third kappa shape index (κ3) is 7.03. The molecule has 2 bridgehead atoms. The minimum atomic E-state index is -0.329. The van der Waals surface area contributed by atoms with Crippen LogP contribution in [0.5, 0.6) is 0 Å². The number of rotatable bonds is 4. The first-order valence-electron chi connectivity index (χ1n) is 16.1. The zero-order chi connectivity index (χ0) is 33.1. The maximum atomic E-state index is 14.1. The van der Waals surface area contributed by atoms with Crippen LogP contribution in [0.2, 0.25) is 0 Å². The van der Waals surface area contributed by atoms with Crippen LogP contribution >= 0.6 is 0 Å². The first-order valence-corrected chi connectivity index (χ1v) is 16.1. The highest BCUT2D eigenvalue weighted by atomic mass is 16.5. The van der Waals surface area contributed by atoms with Crippen molar-refractivity contribution in [1.29, 1.82) is 0 Å². The van der Waals surface area contributed by atoms with E-state index in [0.717, 1.165) is 16.8 Å². The van der Waals surface area contributed by atoms with Gasteiger partial charge in [0.05, 0.1) is 23.2 Å². The van der Waals surface area contributed by atoms with Crippen LogP contribution in [0, 0.1) is 13.8 Å². The highest BCUT2D eigenvalue weighted by Crippen LogP contribution is 2.26. The predicted octanol–water partition coefficient (Wildman–Crippen LogP) is 2.28. The standard InChI is InChI=1S/C34H40N8O5/c1-21-18-26(30-22(2)39-47-33(30)36-21)34(46)41-15-7-10-29(44)42(16-13-23-8-5-4-6-9-23)20-28(43)37-24-11-12-27-25(19-24)31(38-40(27)3)32(45)35-14-17-41/h4-6,8-9,18,24H,7,10-17,19-20H2,1-3H3,(H,35,45)(H,37,43). The van der Waals surface area contributed by atoms with E-state index < -0.39 is 0 Å². The van der Waals surface area contributed by atoms with Gasteiger partial charge in [0.1, 0.15) is 0 Å². The van der Waals surface area contributed by atoms with Gasteiger partial charge in [-0.1, -0.05) is 35.5 Å². The number of hydrogen-bond acceptors (Lipinski definition) is 8. The van der Waals surface area contributed by atoms with E-state index in [2.05, 4.69) is 25.9 Å². The van der Waals surface area contributed by atoms with Gasteiger partial charge in [-0.25, -0.2) is 4.98 Å². The van der Waals surface area contributed by atoms with E-state index in [1.165, 1.54) is 0 Å². The smallest absolute Gasteiger partial charge is 0.272 e. The maximum Gasteiger partial charge on any atom is 0.272 e. The summed E-state index contributed by atoms with van der Waals surface area (Å²) in [5.41, 5.74) is 5.03. The van der Waals surface area contributed by atoms with Gasteiger partial charge in [0.25, 0.3) is 17.5 Å². The Bertz CT molecular complexity index is 1810. The molecule has 2 N–H and O–H groups in total. The second-order valence-corrected chi connectivity index (χ2v) is 12.4. The van der Waals surface area contributed by atoms with Crippen molar-refractivity contribution in [2.45, 2.75) is 58.4 Å². The van der Waals surface area contributed by atoms with Crippen molar-refractivity contribution in [2.75, 3.05) is 32.7 Å². The van der Waals surface area contributed by atoms with E-state index in [-0.39, 0.29) is 68.0 Å². The molecule has 4 aromatic rings. The number of aromatic nitrogens is 4. The van der Waals surface area contributed by atoms with Crippen molar-refractivity contribution in [3.8, 4) is 0 Å². The Labute approximate surface area is 272 Å². The van der Waals surface area contributed by atoms with Gasteiger partial charge in [0.15, 0.2) is 5.69 Å². The van der Waals surface area contributed by atoms with Gasteiger partial charge in [-0.15, -0.1) is 0 Å². The zero-order valence-corrected chi connectivity index (χ0v) is 27.0. The van der Waals surface area contributed by atoms with Crippen molar-refractivity contribution in [3.63, 3.8) is 0 Å². The lowest BCUT2D eigenvalue weighted by molar-refractivity contribution is -0.136. The summed E-state index contributed by atoms with van der Waals surface area (Å²) >= 11 is 0. The Morgan fingerprint density at radius 1 is 1.09 bits per heavy atom. The molecule has 4 amide bonds. The first-order chi connectivity index (χ1) is 22.7. The van der Waals surface area contributed by atoms with Gasteiger partial charge < -0.3 is 25.0 Å². The molecular weight excluding hydrogens is 600 g/mol. The lowest BCUT2D eigenvalue weighted by atomic mass is 9.91. The number of aryl methyl sites for hydroxylation is 3. The largest absolute Gasteiger partial charge is 0.351 e. The Morgan fingerprint density at radius 3 is 2.70 bits per heavy atom. The molecule has 1 unspecified atom stereocenters. The topological polar surface area (TPSA) is 156 Å². The van der Waals surface area contributed by atoms with Gasteiger partial charge in [0.2, 0.25) is 11.8 Å². The van der Waals surface area contributed by atoms with E-state index in [9.17, 15) is 19.2 Å². The van der Waals surface area contributed by atoms with Crippen LogP contribution < -0.4 is 10.6 Å². The summed E-state index contributed by atoms with van der Waals surface area (Å²) in [4.78, 5) is 62.1. The van der Waals surface area contributed by atoms with Gasteiger partial charge in [0, 0.05) is 62.6 Å². The molecule has 13 nitrogen and oxygen atoms in total. The quantitative estimate of drug-likeness (QED) is 0.344. The number of hydrogen-bond donors (Lipinski definition) is 2. The summed E-state index contributed by atoms with van der Waals surface area (Å²) in [6, 6.07) is 11.4. The molecule has 13 heteroatoms. The van der Waals surface area contributed by atoms with E-state index >= 15 is 0 Å². The Balaban J connectivity index is 1.28. The minimum Gasteiger partial charge on any atom is -0.351 e. The summed E-state index contributed by atoms with van der Waals surface area (Å²) in [6.07, 6.45) is 2.97. The number of carbonyl (C=O) groups excluding carboxylic acids is 4. The monoisotopic (exact) mass is 640 g/mol. The normalized spacial score (nSPS) is 18.2. The molecule has 0 saturated carbocycles. The molecule has 4 heterocycles. The number of nitrogens with one attached hydrogen (secondary N) is 2. The second-order valence-electron chi connectivity index (χ2n) is 12.4. The third-order valence-corrected chi connectivity index (χ3v) is 8.98. The summed E-state index contributed by atoms with van der Waals surface area (Å²) in [5.74, 6) is -0.995. The molecule has 246 valence electrons. The van der Waals surface area contributed by atoms with Gasteiger partial charge in [-0.3, -0.25) is 23.9 Å². The molecule has 1 aliphatic heterocycles. The molecule has 1 aliphatic carbocycles. The molecule has 1 atom stereocenters. The highest BCUT2D eigenvalue weighted by Gasteiger charge is 2.30. The predicted molar refractivity (Wildman–Crippen MR) is 173 cm³/mol. The van der Waals surface area contributed by atoms with Crippen molar-refractivity contribution < 1.29 is 23.7 Å². The molecule has 0 fully saturated rings. The van der Waals surface area contributed by atoms with Crippen molar-refractivity contribution in [1.82, 2.24) is 40.4 Å². The molecule has 2 aliphatic rings. The lowest BCUT2D eigenvalue weighted by Gasteiger charge is -2.27. The van der Waals surface area contributed by atoms with Crippen LogP contribution in [0.4, 0.5) is 0 Å². The molecule has 0 radical (unpaired) electrons. The highest BCUT2D eigenvalue weighted by molar-refractivity contribution is 6.06. The SMILES string of the molecule is Cc1cc(C(=O)N2CCCC(=O)N(CCc3ccccc3)CC(=O)NC3CCc4c(c(nn4C)C(=O)NCC2)C3)c2c(C)noc2n1. The van der Waals surface area contributed by atoms with Gasteiger partial charge >= 0.3 is 0 Å². The minimum absolute atomic E-state index is 0.0703. The fourth-order valence-corrected chi connectivity index (χ4v) is 6.58.